The molecule has 0 fully saturated rings. The number of nitrogens with one attached hydrogen (secondary N) is 2. The second-order valence-electron chi connectivity index (χ2n) is 3.55. The van der Waals surface area contributed by atoms with Gasteiger partial charge in [-0.1, -0.05) is 11.6 Å². The number of halogens is 1. The minimum absolute atomic E-state index is 0.103. The van der Waals surface area contributed by atoms with E-state index in [1.54, 1.807) is 25.2 Å². The number of anilines is 1. The fourth-order valence-corrected chi connectivity index (χ4v) is 2.00. The van der Waals surface area contributed by atoms with Gasteiger partial charge in [-0.25, -0.2) is 0 Å². The summed E-state index contributed by atoms with van der Waals surface area (Å²) in [6, 6.07) is 5.23. The Hall–Kier alpha value is -0.870. The number of amides is 1. The molecule has 3 nitrogen and oxygen atoms in total. The highest BCUT2D eigenvalue weighted by Gasteiger charge is 2.06. The van der Waals surface area contributed by atoms with Crippen LogP contribution in [0.3, 0.4) is 0 Å². The fraction of sp³-hybridized carbons (Fsp3) is 0.417. The number of rotatable bonds is 6. The van der Waals surface area contributed by atoms with Crippen LogP contribution in [0.1, 0.15) is 16.8 Å². The van der Waals surface area contributed by atoms with E-state index in [9.17, 15) is 4.79 Å². The van der Waals surface area contributed by atoms with Crippen LogP contribution in [-0.2, 0) is 0 Å². The van der Waals surface area contributed by atoms with E-state index < -0.39 is 0 Å². The summed E-state index contributed by atoms with van der Waals surface area (Å²) in [4.78, 5) is 11.5. The zero-order valence-electron chi connectivity index (χ0n) is 10.0. The normalized spacial score (nSPS) is 10.1. The molecule has 1 aromatic rings. The second kappa shape index (κ2) is 7.45. The van der Waals surface area contributed by atoms with E-state index in [4.69, 9.17) is 11.6 Å². The standard InChI is InChI=1S/C12H17ClN2OS/c1-14-12(16)9-4-5-10(13)11(8-9)15-6-3-7-17-2/h4-5,8,15H,3,6-7H2,1-2H3,(H,14,16). The smallest absolute Gasteiger partial charge is 0.251 e. The lowest BCUT2D eigenvalue weighted by Crippen LogP contribution is -2.18. The Balaban J connectivity index is 2.66. The zero-order chi connectivity index (χ0) is 12.7. The first kappa shape index (κ1) is 14.2. The van der Waals surface area contributed by atoms with Crippen molar-refractivity contribution >= 4 is 35.0 Å². The van der Waals surface area contributed by atoms with Crippen molar-refractivity contribution in [1.29, 1.82) is 0 Å². The molecular weight excluding hydrogens is 256 g/mol. The van der Waals surface area contributed by atoms with Gasteiger partial charge in [0.15, 0.2) is 0 Å². The van der Waals surface area contributed by atoms with Crippen molar-refractivity contribution in [3.8, 4) is 0 Å². The van der Waals surface area contributed by atoms with Gasteiger partial charge < -0.3 is 10.6 Å². The van der Waals surface area contributed by atoms with Gasteiger partial charge in [0.1, 0.15) is 0 Å². The number of thioether (sulfide) groups is 1. The molecule has 0 bridgehead atoms. The van der Waals surface area contributed by atoms with Crippen LogP contribution in [0.25, 0.3) is 0 Å². The molecule has 2 N–H and O–H groups in total. The summed E-state index contributed by atoms with van der Waals surface area (Å²) in [5, 5.41) is 6.47. The zero-order valence-corrected chi connectivity index (χ0v) is 11.6. The molecule has 0 saturated carbocycles. The predicted octanol–water partition coefficient (Wildman–Crippen LogP) is 2.86. The average Bonchev–Trinajstić information content (AvgIpc) is 2.35. The third-order valence-electron chi connectivity index (χ3n) is 2.30. The Bertz CT molecular complexity index is 385. The van der Waals surface area contributed by atoms with E-state index in [1.165, 1.54) is 0 Å². The van der Waals surface area contributed by atoms with Crippen molar-refractivity contribution < 1.29 is 4.79 Å². The maximum absolute atomic E-state index is 11.5. The van der Waals surface area contributed by atoms with Gasteiger partial charge in [-0.15, -0.1) is 0 Å². The quantitative estimate of drug-likeness (QED) is 0.783. The maximum Gasteiger partial charge on any atom is 0.251 e. The molecular formula is C12H17ClN2OS. The SMILES string of the molecule is CNC(=O)c1ccc(Cl)c(NCCCSC)c1. The molecule has 0 saturated heterocycles. The summed E-state index contributed by atoms with van der Waals surface area (Å²) >= 11 is 7.87. The molecule has 0 aromatic heterocycles. The first-order valence-electron chi connectivity index (χ1n) is 5.43. The Morgan fingerprint density at radius 1 is 1.47 bits per heavy atom. The molecule has 5 heteroatoms. The summed E-state index contributed by atoms with van der Waals surface area (Å²) < 4.78 is 0. The van der Waals surface area contributed by atoms with E-state index in [-0.39, 0.29) is 5.91 Å². The van der Waals surface area contributed by atoms with Gasteiger partial charge in [0.05, 0.1) is 10.7 Å². The van der Waals surface area contributed by atoms with Crippen LogP contribution in [0.5, 0.6) is 0 Å². The van der Waals surface area contributed by atoms with Gasteiger partial charge in [-0.3, -0.25) is 4.79 Å². The lowest BCUT2D eigenvalue weighted by Gasteiger charge is -2.09. The van der Waals surface area contributed by atoms with Gasteiger partial charge in [-0.05, 0) is 36.6 Å². The van der Waals surface area contributed by atoms with E-state index in [0.29, 0.717) is 10.6 Å². The van der Waals surface area contributed by atoms with Crippen LogP contribution < -0.4 is 10.6 Å². The third kappa shape index (κ3) is 4.48. The highest BCUT2D eigenvalue weighted by atomic mass is 35.5. The Kier molecular flexibility index (Phi) is 6.22. The average molecular weight is 273 g/mol. The van der Waals surface area contributed by atoms with Crippen LogP contribution >= 0.6 is 23.4 Å². The van der Waals surface area contributed by atoms with Crippen molar-refractivity contribution in [2.24, 2.45) is 0 Å². The number of carbonyl (C=O) groups is 1. The Morgan fingerprint density at radius 3 is 2.88 bits per heavy atom. The largest absolute Gasteiger partial charge is 0.384 e. The van der Waals surface area contributed by atoms with Crippen LogP contribution in [0.15, 0.2) is 18.2 Å². The number of benzene rings is 1. The maximum atomic E-state index is 11.5. The number of carbonyl (C=O) groups excluding carboxylic acids is 1. The summed E-state index contributed by atoms with van der Waals surface area (Å²) in [6.07, 6.45) is 3.15. The highest BCUT2D eigenvalue weighted by Crippen LogP contribution is 2.23. The van der Waals surface area contributed by atoms with Gasteiger partial charge >= 0.3 is 0 Å². The van der Waals surface area contributed by atoms with Crippen LogP contribution in [0.2, 0.25) is 5.02 Å². The molecule has 0 aliphatic rings. The van der Waals surface area contributed by atoms with Gasteiger partial charge in [0.2, 0.25) is 0 Å². The summed E-state index contributed by atoms with van der Waals surface area (Å²) in [7, 11) is 1.61. The van der Waals surface area contributed by atoms with E-state index >= 15 is 0 Å². The van der Waals surface area contributed by atoms with E-state index in [1.807, 2.05) is 11.8 Å². The second-order valence-corrected chi connectivity index (χ2v) is 4.94. The minimum atomic E-state index is -0.103. The van der Waals surface area contributed by atoms with Crippen molar-refractivity contribution in [3.63, 3.8) is 0 Å². The Morgan fingerprint density at radius 2 is 2.24 bits per heavy atom. The molecule has 0 unspecified atom stereocenters. The van der Waals surface area contributed by atoms with Crippen molar-refractivity contribution in [2.75, 3.05) is 30.9 Å². The summed E-state index contributed by atoms with van der Waals surface area (Å²) in [5.74, 6) is 1.01. The van der Waals surface area contributed by atoms with Crippen molar-refractivity contribution in [2.45, 2.75) is 6.42 Å². The lowest BCUT2D eigenvalue weighted by atomic mass is 10.2. The Labute approximate surface area is 111 Å². The minimum Gasteiger partial charge on any atom is -0.384 e. The van der Waals surface area contributed by atoms with Crippen LogP contribution in [-0.4, -0.2) is 31.5 Å². The van der Waals surface area contributed by atoms with E-state index in [2.05, 4.69) is 16.9 Å². The molecule has 0 radical (unpaired) electrons. The molecule has 94 valence electrons. The molecule has 0 spiro atoms. The summed E-state index contributed by atoms with van der Waals surface area (Å²) in [6.45, 7) is 0.859. The predicted molar refractivity (Wildman–Crippen MR) is 76.3 cm³/mol. The highest BCUT2D eigenvalue weighted by molar-refractivity contribution is 7.98. The van der Waals surface area contributed by atoms with Gasteiger partial charge in [0, 0.05) is 19.2 Å². The molecule has 1 rings (SSSR count). The molecule has 0 heterocycles. The first-order chi connectivity index (χ1) is 8.19. The summed E-state index contributed by atoms with van der Waals surface area (Å²) in [5.41, 5.74) is 1.43. The van der Waals surface area contributed by atoms with Gasteiger partial charge in [0.25, 0.3) is 5.91 Å². The van der Waals surface area contributed by atoms with Crippen molar-refractivity contribution in [1.82, 2.24) is 5.32 Å². The van der Waals surface area contributed by atoms with Crippen LogP contribution in [0, 0.1) is 0 Å². The van der Waals surface area contributed by atoms with Crippen molar-refractivity contribution in [3.05, 3.63) is 28.8 Å². The molecule has 0 aliphatic carbocycles. The molecule has 1 amide bonds. The third-order valence-corrected chi connectivity index (χ3v) is 3.32. The first-order valence-corrected chi connectivity index (χ1v) is 7.20. The molecule has 17 heavy (non-hydrogen) atoms. The van der Waals surface area contributed by atoms with E-state index in [0.717, 1.165) is 24.4 Å². The monoisotopic (exact) mass is 272 g/mol. The number of hydrogen-bond acceptors (Lipinski definition) is 3. The number of hydrogen-bond donors (Lipinski definition) is 2. The molecule has 0 atom stereocenters. The van der Waals surface area contributed by atoms with Gasteiger partial charge in [-0.2, -0.15) is 11.8 Å². The van der Waals surface area contributed by atoms with Crippen LogP contribution in [0.4, 0.5) is 5.69 Å². The molecule has 1 aromatic carbocycles. The lowest BCUT2D eigenvalue weighted by molar-refractivity contribution is 0.0963. The fourth-order valence-electron chi connectivity index (χ4n) is 1.39. The molecule has 0 aliphatic heterocycles. The topological polar surface area (TPSA) is 41.1 Å².